The highest BCUT2D eigenvalue weighted by Crippen LogP contribution is 2.07. The molecule has 0 radical (unpaired) electrons. The lowest BCUT2D eigenvalue weighted by Crippen LogP contribution is -1.78. The molecule has 0 saturated heterocycles. The number of carbonyl (C=O) groups excluding carboxylic acids is 2. The van der Waals surface area contributed by atoms with Gasteiger partial charge in [-0.05, 0) is 37.8 Å². The minimum absolute atomic E-state index is 0.819. The Bertz CT molecular complexity index is 183. The Balaban J connectivity index is 3.04. The van der Waals surface area contributed by atoms with E-state index in [0.717, 1.165) is 38.3 Å². The standard InChI is InChI=1S/C13H20O2/c14-12-10-8-6-4-2-1-3-5-7-9-11-13-15/h8-13H,1-7H2. The van der Waals surface area contributed by atoms with E-state index in [0.29, 0.717) is 0 Å². The van der Waals surface area contributed by atoms with E-state index in [9.17, 15) is 9.59 Å². The topological polar surface area (TPSA) is 34.1 Å². The van der Waals surface area contributed by atoms with Crippen LogP contribution in [-0.4, -0.2) is 12.6 Å². The summed E-state index contributed by atoms with van der Waals surface area (Å²) < 4.78 is 0. The highest BCUT2D eigenvalue weighted by atomic mass is 16.1. The zero-order valence-electron chi connectivity index (χ0n) is 9.23. The number of unbranched alkanes of at least 4 members (excludes halogenated alkanes) is 6. The molecule has 0 aromatic carbocycles. The van der Waals surface area contributed by atoms with Crippen molar-refractivity contribution in [3.63, 3.8) is 0 Å². The third kappa shape index (κ3) is 12.8. The van der Waals surface area contributed by atoms with Crippen LogP contribution in [0.15, 0.2) is 24.3 Å². The van der Waals surface area contributed by atoms with E-state index < -0.39 is 0 Å². The molecule has 0 spiro atoms. The first-order valence-electron chi connectivity index (χ1n) is 5.62. The molecule has 84 valence electrons. The summed E-state index contributed by atoms with van der Waals surface area (Å²) in [7, 11) is 0. The largest absolute Gasteiger partial charge is 0.299 e. The fraction of sp³-hybridized carbons (Fsp3) is 0.538. The van der Waals surface area contributed by atoms with Gasteiger partial charge in [0.15, 0.2) is 0 Å². The monoisotopic (exact) mass is 208 g/mol. The Morgan fingerprint density at radius 3 is 1.40 bits per heavy atom. The van der Waals surface area contributed by atoms with Crippen LogP contribution in [0.5, 0.6) is 0 Å². The molecule has 0 aromatic rings. The van der Waals surface area contributed by atoms with Crippen molar-refractivity contribution in [2.45, 2.75) is 44.9 Å². The van der Waals surface area contributed by atoms with Gasteiger partial charge in [-0.25, -0.2) is 0 Å². The molecular weight excluding hydrogens is 188 g/mol. The molecule has 2 heteroatoms. The maximum absolute atomic E-state index is 9.95. The van der Waals surface area contributed by atoms with Crippen LogP contribution in [0.25, 0.3) is 0 Å². The SMILES string of the molecule is O=CC=CCCCCCCCC=CC=O. The van der Waals surface area contributed by atoms with Crippen molar-refractivity contribution in [3.05, 3.63) is 24.3 Å². The molecule has 0 rings (SSSR count). The highest BCUT2D eigenvalue weighted by molar-refractivity contribution is 5.64. The number of aldehydes is 2. The quantitative estimate of drug-likeness (QED) is 0.314. The zero-order valence-corrected chi connectivity index (χ0v) is 9.23. The van der Waals surface area contributed by atoms with Crippen molar-refractivity contribution >= 4 is 12.6 Å². The van der Waals surface area contributed by atoms with E-state index >= 15 is 0 Å². The number of hydrogen-bond donors (Lipinski definition) is 0. The summed E-state index contributed by atoms with van der Waals surface area (Å²) in [5.74, 6) is 0. The third-order valence-corrected chi connectivity index (χ3v) is 2.17. The molecule has 0 aliphatic carbocycles. The Kier molecular flexibility index (Phi) is 11.8. The van der Waals surface area contributed by atoms with Gasteiger partial charge in [-0.3, -0.25) is 9.59 Å². The lowest BCUT2D eigenvalue weighted by Gasteiger charge is -1.97. The average Bonchev–Trinajstić information content (AvgIpc) is 2.26. The van der Waals surface area contributed by atoms with Crippen molar-refractivity contribution in [1.29, 1.82) is 0 Å². The first-order chi connectivity index (χ1) is 7.41. The summed E-state index contributed by atoms with van der Waals surface area (Å²) >= 11 is 0. The Labute approximate surface area is 92.1 Å². The summed E-state index contributed by atoms with van der Waals surface area (Å²) in [6, 6.07) is 0. The van der Waals surface area contributed by atoms with Gasteiger partial charge in [0.2, 0.25) is 0 Å². The van der Waals surface area contributed by atoms with E-state index in [-0.39, 0.29) is 0 Å². The number of rotatable bonds is 10. The molecule has 0 atom stereocenters. The van der Waals surface area contributed by atoms with E-state index in [1.165, 1.54) is 19.3 Å². The van der Waals surface area contributed by atoms with E-state index in [4.69, 9.17) is 0 Å². The molecule has 0 unspecified atom stereocenters. The Morgan fingerprint density at radius 2 is 1.00 bits per heavy atom. The molecule has 0 heterocycles. The average molecular weight is 208 g/mol. The lowest BCUT2D eigenvalue weighted by molar-refractivity contribution is -0.104. The maximum Gasteiger partial charge on any atom is 0.142 e. The molecule has 0 saturated carbocycles. The number of allylic oxidation sites excluding steroid dienone is 4. The normalized spacial score (nSPS) is 11.2. The van der Waals surface area contributed by atoms with Crippen LogP contribution in [-0.2, 0) is 9.59 Å². The zero-order chi connectivity index (χ0) is 11.2. The van der Waals surface area contributed by atoms with Gasteiger partial charge in [0.1, 0.15) is 12.6 Å². The van der Waals surface area contributed by atoms with Gasteiger partial charge < -0.3 is 0 Å². The fourth-order valence-corrected chi connectivity index (χ4v) is 1.36. The van der Waals surface area contributed by atoms with Crippen molar-refractivity contribution in [2.75, 3.05) is 0 Å². The van der Waals surface area contributed by atoms with Crippen LogP contribution >= 0.6 is 0 Å². The van der Waals surface area contributed by atoms with Crippen LogP contribution in [0.1, 0.15) is 44.9 Å². The molecule has 0 fully saturated rings. The van der Waals surface area contributed by atoms with Crippen molar-refractivity contribution in [1.82, 2.24) is 0 Å². The minimum atomic E-state index is 0.819. The first-order valence-corrected chi connectivity index (χ1v) is 5.62. The van der Waals surface area contributed by atoms with Crippen molar-refractivity contribution < 1.29 is 9.59 Å². The summed E-state index contributed by atoms with van der Waals surface area (Å²) in [6.45, 7) is 0. The first kappa shape index (κ1) is 13.8. The highest BCUT2D eigenvalue weighted by Gasteiger charge is 1.88. The molecular formula is C13H20O2. The van der Waals surface area contributed by atoms with E-state index in [1.54, 1.807) is 12.2 Å². The van der Waals surface area contributed by atoms with Crippen LogP contribution in [0, 0.1) is 0 Å². The second kappa shape index (κ2) is 12.8. The summed E-state index contributed by atoms with van der Waals surface area (Å²) in [6.07, 6.45) is 16.6. The number of carbonyl (C=O) groups is 2. The summed E-state index contributed by atoms with van der Waals surface area (Å²) in [5.41, 5.74) is 0. The third-order valence-electron chi connectivity index (χ3n) is 2.17. The fourth-order valence-electron chi connectivity index (χ4n) is 1.36. The van der Waals surface area contributed by atoms with Gasteiger partial charge in [0.25, 0.3) is 0 Å². The lowest BCUT2D eigenvalue weighted by atomic mass is 10.1. The predicted molar refractivity (Wildman–Crippen MR) is 62.7 cm³/mol. The number of hydrogen-bond acceptors (Lipinski definition) is 2. The minimum Gasteiger partial charge on any atom is -0.299 e. The van der Waals surface area contributed by atoms with Gasteiger partial charge in [0, 0.05) is 0 Å². The van der Waals surface area contributed by atoms with Crippen molar-refractivity contribution in [2.24, 2.45) is 0 Å². The molecule has 0 bridgehead atoms. The van der Waals surface area contributed by atoms with Crippen LogP contribution < -0.4 is 0 Å². The Hall–Kier alpha value is -1.18. The maximum atomic E-state index is 9.95. The van der Waals surface area contributed by atoms with Crippen molar-refractivity contribution in [3.8, 4) is 0 Å². The van der Waals surface area contributed by atoms with Crippen LogP contribution in [0.2, 0.25) is 0 Å². The van der Waals surface area contributed by atoms with Crippen LogP contribution in [0.4, 0.5) is 0 Å². The molecule has 0 aromatic heterocycles. The molecule has 0 N–H and O–H groups in total. The Morgan fingerprint density at radius 1 is 0.600 bits per heavy atom. The van der Waals surface area contributed by atoms with Gasteiger partial charge in [-0.1, -0.05) is 31.4 Å². The smallest absolute Gasteiger partial charge is 0.142 e. The van der Waals surface area contributed by atoms with Crippen LogP contribution in [0.3, 0.4) is 0 Å². The van der Waals surface area contributed by atoms with E-state index in [2.05, 4.69) is 0 Å². The van der Waals surface area contributed by atoms with E-state index in [1.807, 2.05) is 12.2 Å². The molecule has 15 heavy (non-hydrogen) atoms. The molecule has 0 aliphatic heterocycles. The molecule has 2 nitrogen and oxygen atoms in total. The van der Waals surface area contributed by atoms with Gasteiger partial charge in [-0.2, -0.15) is 0 Å². The van der Waals surface area contributed by atoms with Gasteiger partial charge in [0.05, 0.1) is 0 Å². The second-order valence-corrected chi connectivity index (χ2v) is 3.47. The molecule has 0 aliphatic rings. The second-order valence-electron chi connectivity index (χ2n) is 3.47. The molecule has 0 amide bonds. The summed E-state index contributed by atoms with van der Waals surface area (Å²) in [4.78, 5) is 19.9. The van der Waals surface area contributed by atoms with Gasteiger partial charge in [-0.15, -0.1) is 0 Å². The van der Waals surface area contributed by atoms with Gasteiger partial charge >= 0.3 is 0 Å². The predicted octanol–water partition coefficient (Wildman–Crippen LogP) is 3.23. The summed E-state index contributed by atoms with van der Waals surface area (Å²) in [5, 5.41) is 0.